The maximum atomic E-state index is 13.3. The summed E-state index contributed by atoms with van der Waals surface area (Å²) < 4.78 is 46.7. The Kier molecular flexibility index (Phi) is 6.17. The van der Waals surface area contributed by atoms with Gasteiger partial charge in [0, 0.05) is 29.2 Å². The lowest BCUT2D eigenvalue weighted by Gasteiger charge is -2.30. The van der Waals surface area contributed by atoms with Crippen molar-refractivity contribution in [1.29, 1.82) is 0 Å². The second kappa shape index (κ2) is 8.88. The minimum Gasteiger partial charge on any atom is -0.497 e. The molecule has 0 saturated heterocycles. The van der Waals surface area contributed by atoms with Gasteiger partial charge in [-0.3, -0.25) is 4.79 Å². The van der Waals surface area contributed by atoms with Gasteiger partial charge in [-0.25, -0.2) is 0 Å². The molecule has 32 heavy (non-hydrogen) atoms. The lowest BCUT2D eigenvalue weighted by Crippen LogP contribution is -2.28. The first-order valence-corrected chi connectivity index (χ1v) is 10.9. The summed E-state index contributed by atoms with van der Waals surface area (Å²) in [6.45, 7) is 1.50. The molecule has 1 fully saturated rings. The maximum Gasteiger partial charge on any atom is 0.418 e. The summed E-state index contributed by atoms with van der Waals surface area (Å²) in [7, 11) is 1.59. The number of fused-ring (bicyclic) bond motifs is 1. The van der Waals surface area contributed by atoms with E-state index in [1.165, 1.54) is 13.0 Å². The van der Waals surface area contributed by atoms with Crippen LogP contribution >= 0.6 is 0 Å². The quantitative estimate of drug-likeness (QED) is 0.440. The third-order valence-electron chi connectivity index (χ3n) is 6.43. The number of carbonyl (C=O) groups excluding carboxylic acids is 1. The van der Waals surface area contributed by atoms with E-state index in [0.29, 0.717) is 29.2 Å². The number of anilines is 1. The van der Waals surface area contributed by atoms with Crippen LogP contribution in [0.1, 0.15) is 53.7 Å². The third kappa shape index (κ3) is 4.61. The van der Waals surface area contributed by atoms with Gasteiger partial charge in [0.2, 0.25) is 0 Å². The van der Waals surface area contributed by atoms with Crippen molar-refractivity contribution in [3.8, 4) is 5.75 Å². The first kappa shape index (κ1) is 22.2. The summed E-state index contributed by atoms with van der Waals surface area (Å²) >= 11 is 0. The van der Waals surface area contributed by atoms with E-state index in [1.807, 2.05) is 6.07 Å². The van der Waals surface area contributed by atoms with Gasteiger partial charge in [0.15, 0.2) is 5.78 Å². The summed E-state index contributed by atoms with van der Waals surface area (Å²) in [6.07, 6.45) is -0.281. The predicted octanol–water partition coefficient (Wildman–Crippen LogP) is 6.52. The van der Waals surface area contributed by atoms with E-state index in [1.54, 1.807) is 47.9 Å². The molecule has 2 aromatic heterocycles. The van der Waals surface area contributed by atoms with Crippen LogP contribution in [0.15, 0.2) is 48.5 Å². The van der Waals surface area contributed by atoms with Crippen molar-refractivity contribution in [2.75, 3.05) is 12.4 Å². The molecule has 1 N–H and O–H groups in total. The van der Waals surface area contributed by atoms with E-state index in [9.17, 15) is 18.0 Å². The topological polar surface area (TPSA) is 42.7 Å². The molecule has 4 rings (SSSR count). The van der Waals surface area contributed by atoms with Crippen LogP contribution in [-0.4, -0.2) is 23.3 Å². The molecule has 0 aliphatic heterocycles. The van der Waals surface area contributed by atoms with Crippen molar-refractivity contribution in [3.05, 3.63) is 65.4 Å². The van der Waals surface area contributed by atoms with Crippen LogP contribution in [0.3, 0.4) is 0 Å². The molecule has 0 bridgehead atoms. The highest BCUT2D eigenvalue weighted by Crippen LogP contribution is 2.36. The molecule has 3 aromatic rings. The summed E-state index contributed by atoms with van der Waals surface area (Å²) in [6, 6.07) is 13.8. The Bertz CT molecular complexity index is 1090. The van der Waals surface area contributed by atoms with Gasteiger partial charge in [0.05, 0.1) is 12.7 Å². The SMILES string of the molecule is COc1ccc(C(=O)CC2CCC(Nc3cccc4cc(C(F)(F)F)c(C)n34)CC2)cc1. The lowest BCUT2D eigenvalue weighted by molar-refractivity contribution is -0.137. The Hall–Kier alpha value is -2.96. The molecule has 2 heterocycles. The van der Waals surface area contributed by atoms with E-state index in [-0.39, 0.29) is 17.5 Å². The van der Waals surface area contributed by atoms with Gasteiger partial charge < -0.3 is 14.5 Å². The fraction of sp³-hybridized carbons (Fsp3) is 0.400. The molecule has 1 aromatic carbocycles. The zero-order valence-corrected chi connectivity index (χ0v) is 18.2. The van der Waals surface area contributed by atoms with E-state index >= 15 is 0 Å². The normalized spacial score (nSPS) is 19.2. The fourth-order valence-corrected chi connectivity index (χ4v) is 4.66. The fourth-order valence-electron chi connectivity index (χ4n) is 4.66. The monoisotopic (exact) mass is 444 g/mol. The Labute approximate surface area is 185 Å². The number of hydrogen-bond donors (Lipinski definition) is 1. The summed E-state index contributed by atoms with van der Waals surface area (Å²) in [5.74, 6) is 1.86. The van der Waals surface area contributed by atoms with Gasteiger partial charge >= 0.3 is 6.18 Å². The van der Waals surface area contributed by atoms with Gasteiger partial charge in [-0.1, -0.05) is 6.07 Å². The summed E-state index contributed by atoms with van der Waals surface area (Å²) in [5, 5.41) is 3.44. The molecule has 0 amide bonds. The number of rotatable bonds is 6. The van der Waals surface area contributed by atoms with Crippen LogP contribution in [0, 0.1) is 12.8 Å². The number of aryl methyl sites for hydroxylation is 1. The van der Waals surface area contributed by atoms with Crippen molar-refractivity contribution >= 4 is 17.1 Å². The van der Waals surface area contributed by atoms with E-state index in [0.717, 1.165) is 31.4 Å². The molecule has 0 atom stereocenters. The Morgan fingerprint density at radius 2 is 1.78 bits per heavy atom. The number of ether oxygens (including phenoxy) is 1. The summed E-state index contributed by atoms with van der Waals surface area (Å²) in [4.78, 5) is 12.6. The molecule has 7 heteroatoms. The van der Waals surface area contributed by atoms with E-state index < -0.39 is 11.7 Å². The standard InChI is InChI=1S/C25H27F3N2O2/c1-16-22(25(26,27)28)15-20-4-3-5-24(30(16)20)29-19-10-6-17(7-11-19)14-23(31)18-8-12-21(32-2)13-9-18/h3-5,8-9,12-13,15,17,19,29H,6-7,10-11,14H2,1-2H3. The molecule has 1 aliphatic rings. The van der Waals surface area contributed by atoms with Gasteiger partial charge in [-0.05, 0) is 81.0 Å². The average molecular weight is 444 g/mol. The Balaban J connectivity index is 1.38. The largest absolute Gasteiger partial charge is 0.497 e. The molecule has 0 radical (unpaired) electrons. The molecule has 0 spiro atoms. The number of halogens is 3. The number of aromatic nitrogens is 1. The molecule has 4 nitrogen and oxygen atoms in total. The van der Waals surface area contributed by atoms with Crippen molar-refractivity contribution < 1.29 is 22.7 Å². The average Bonchev–Trinajstić information content (AvgIpc) is 3.13. The molecular formula is C25H27F3N2O2. The number of carbonyl (C=O) groups is 1. The molecule has 170 valence electrons. The first-order valence-electron chi connectivity index (χ1n) is 10.9. The minimum absolute atomic E-state index is 0.136. The molecule has 1 aliphatic carbocycles. The van der Waals surface area contributed by atoms with E-state index in [2.05, 4.69) is 5.32 Å². The minimum atomic E-state index is -4.37. The van der Waals surface area contributed by atoms with Crippen LogP contribution in [-0.2, 0) is 6.18 Å². The number of pyridine rings is 1. The van der Waals surface area contributed by atoms with Gasteiger partial charge in [-0.2, -0.15) is 13.2 Å². The second-order valence-corrected chi connectivity index (χ2v) is 8.53. The van der Waals surface area contributed by atoms with Crippen molar-refractivity contribution in [3.63, 3.8) is 0 Å². The van der Waals surface area contributed by atoms with Crippen molar-refractivity contribution in [1.82, 2.24) is 4.40 Å². The van der Waals surface area contributed by atoms with Crippen molar-refractivity contribution in [2.24, 2.45) is 5.92 Å². The van der Waals surface area contributed by atoms with E-state index in [4.69, 9.17) is 4.74 Å². The maximum absolute atomic E-state index is 13.3. The van der Waals surface area contributed by atoms with Crippen molar-refractivity contribution in [2.45, 2.75) is 51.2 Å². The lowest BCUT2D eigenvalue weighted by atomic mass is 9.82. The molecular weight excluding hydrogens is 417 g/mol. The predicted molar refractivity (Wildman–Crippen MR) is 118 cm³/mol. The van der Waals surface area contributed by atoms with Crippen LogP contribution in [0.4, 0.5) is 19.0 Å². The summed E-state index contributed by atoms with van der Waals surface area (Å²) in [5.41, 5.74) is 0.807. The van der Waals surface area contributed by atoms with Crippen LogP contribution < -0.4 is 10.1 Å². The number of Topliss-reactive ketones (excluding diaryl/α,β-unsaturated/α-hetero) is 1. The molecule has 1 saturated carbocycles. The van der Waals surface area contributed by atoms with Gasteiger partial charge in [0.25, 0.3) is 0 Å². The Morgan fingerprint density at radius 1 is 1.09 bits per heavy atom. The highest BCUT2D eigenvalue weighted by Gasteiger charge is 2.35. The van der Waals surface area contributed by atoms with Gasteiger partial charge in [0.1, 0.15) is 11.6 Å². The van der Waals surface area contributed by atoms with Crippen LogP contribution in [0.25, 0.3) is 5.52 Å². The first-order chi connectivity index (χ1) is 15.3. The third-order valence-corrected chi connectivity index (χ3v) is 6.43. The number of benzene rings is 1. The number of nitrogens with zero attached hydrogens (tertiary/aromatic N) is 1. The molecule has 0 unspecified atom stereocenters. The smallest absolute Gasteiger partial charge is 0.418 e. The highest BCUT2D eigenvalue weighted by atomic mass is 19.4. The number of methoxy groups -OCH3 is 1. The number of ketones is 1. The highest BCUT2D eigenvalue weighted by molar-refractivity contribution is 5.96. The second-order valence-electron chi connectivity index (χ2n) is 8.53. The number of alkyl halides is 3. The van der Waals surface area contributed by atoms with Crippen LogP contribution in [0.2, 0.25) is 0 Å². The van der Waals surface area contributed by atoms with Crippen LogP contribution in [0.5, 0.6) is 5.75 Å². The number of hydrogen-bond acceptors (Lipinski definition) is 3. The zero-order chi connectivity index (χ0) is 22.9. The Morgan fingerprint density at radius 3 is 2.41 bits per heavy atom. The zero-order valence-electron chi connectivity index (χ0n) is 18.2. The number of nitrogens with one attached hydrogen (secondary N) is 1. The van der Waals surface area contributed by atoms with Gasteiger partial charge in [-0.15, -0.1) is 0 Å².